The summed E-state index contributed by atoms with van der Waals surface area (Å²) in [7, 11) is 0. The molecule has 1 saturated heterocycles. The van der Waals surface area contributed by atoms with Gasteiger partial charge in [-0.05, 0) is 12.1 Å². The summed E-state index contributed by atoms with van der Waals surface area (Å²) >= 11 is 5.24. The quantitative estimate of drug-likeness (QED) is 0.539. The SMILES string of the molecule is NC(=NCl)Nc1ccc(N2CCN(CCO)CC2)nc1. The van der Waals surface area contributed by atoms with Crippen molar-refractivity contribution in [1.82, 2.24) is 9.88 Å². The number of guanidine groups is 1. The van der Waals surface area contributed by atoms with Crippen molar-refractivity contribution in [1.29, 1.82) is 0 Å². The fraction of sp³-hybridized carbons (Fsp3) is 0.500. The molecule has 0 spiro atoms. The average Bonchev–Trinajstić information content (AvgIpc) is 2.49. The van der Waals surface area contributed by atoms with Crippen LogP contribution in [0.5, 0.6) is 0 Å². The molecule has 110 valence electrons. The third-order valence-electron chi connectivity index (χ3n) is 3.22. The van der Waals surface area contributed by atoms with E-state index in [4.69, 9.17) is 22.6 Å². The lowest BCUT2D eigenvalue weighted by Gasteiger charge is -2.35. The molecule has 1 fully saturated rings. The van der Waals surface area contributed by atoms with Crippen LogP contribution in [0.1, 0.15) is 0 Å². The van der Waals surface area contributed by atoms with Crippen molar-refractivity contribution in [2.75, 3.05) is 49.5 Å². The Hall–Kier alpha value is -1.57. The molecule has 0 amide bonds. The summed E-state index contributed by atoms with van der Waals surface area (Å²) in [5.41, 5.74) is 6.22. The maximum Gasteiger partial charge on any atom is 0.210 e. The van der Waals surface area contributed by atoms with Gasteiger partial charge in [0.15, 0.2) is 0 Å². The van der Waals surface area contributed by atoms with E-state index in [2.05, 4.69) is 24.6 Å². The van der Waals surface area contributed by atoms with Crippen LogP contribution in [0.25, 0.3) is 0 Å². The smallest absolute Gasteiger partial charge is 0.210 e. The van der Waals surface area contributed by atoms with Crippen LogP contribution in [0, 0.1) is 0 Å². The Kier molecular flexibility index (Phi) is 5.40. The molecule has 2 rings (SSSR count). The molecule has 4 N–H and O–H groups in total. The largest absolute Gasteiger partial charge is 0.395 e. The number of aromatic nitrogens is 1. The summed E-state index contributed by atoms with van der Waals surface area (Å²) in [6, 6.07) is 3.82. The molecule has 1 aromatic rings. The van der Waals surface area contributed by atoms with Gasteiger partial charge in [0.2, 0.25) is 5.96 Å². The molecule has 0 saturated carbocycles. The van der Waals surface area contributed by atoms with Gasteiger partial charge in [0.1, 0.15) is 5.82 Å². The van der Waals surface area contributed by atoms with Crippen molar-refractivity contribution >= 4 is 29.2 Å². The van der Waals surface area contributed by atoms with Crippen molar-refractivity contribution in [3.63, 3.8) is 0 Å². The highest BCUT2D eigenvalue weighted by molar-refractivity contribution is 6.20. The average molecular weight is 299 g/mol. The van der Waals surface area contributed by atoms with Gasteiger partial charge in [-0.15, -0.1) is 4.51 Å². The van der Waals surface area contributed by atoms with Gasteiger partial charge in [0.25, 0.3) is 0 Å². The maximum absolute atomic E-state index is 8.92. The lowest BCUT2D eigenvalue weighted by molar-refractivity contribution is 0.188. The molecule has 8 heteroatoms. The van der Waals surface area contributed by atoms with Gasteiger partial charge in [-0.1, -0.05) is 0 Å². The molecule has 20 heavy (non-hydrogen) atoms. The van der Waals surface area contributed by atoms with Gasteiger partial charge in [0.05, 0.1) is 18.5 Å². The van der Waals surface area contributed by atoms with Crippen LogP contribution in [0.3, 0.4) is 0 Å². The van der Waals surface area contributed by atoms with Crippen LogP contribution in [0.4, 0.5) is 11.5 Å². The molecule has 0 unspecified atom stereocenters. The summed E-state index contributed by atoms with van der Waals surface area (Å²) in [6.07, 6.45) is 1.70. The van der Waals surface area contributed by atoms with E-state index >= 15 is 0 Å². The second kappa shape index (κ2) is 7.28. The highest BCUT2D eigenvalue weighted by Crippen LogP contribution is 2.16. The molecular formula is C12H19ClN6O. The molecule has 0 aromatic carbocycles. The number of hydrogen-bond donors (Lipinski definition) is 3. The highest BCUT2D eigenvalue weighted by Gasteiger charge is 2.17. The molecule has 7 nitrogen and oxygen atoms in total. The number of aliphatic hydroxyl groups excluding tert-OH is 1. The van der Waals surface area contributed by atoms with E-state index in [0.717, 1.165) is 44.2 Å². The van der Waals surface area contributed by atoms with Gasteiger partial charge < -0.3 is 21.1 Å². The predicted octanol–water partition coefficient (Wildman–Crippen LogP) is 0.0763. The Morgan fingerprint density at radius 1 is 1.40 bits per heavy atom. The van der Waals surface area contributed by atoms with Crippen molar-refractivity contribution in [2.45, 2.75) is 0 Å². The third kappa shape index (κ3) is 3.96. The van der Waals surface area contributed by atoms with Crippen LogP contribution in [0.2, 0.25) is 0 Å². The number of anilines is 2. The summed E-state index contributed by atoms with van der Waals surface area (Å²) in [5.74, 6) is 1.07. The maximum atomic E-state index is 8.92. The molecule has 1 aliphatic rings. The van der Waals surface area contributed by atoms with Crippen LogP contribution < -0.4 is 16.0 Å². The molecule has 1 aliphatic heterocycles. The molecule has 2 heterocycles. The number of nitrogens with two attached hydrogens (primary N) is 1. The second-order valence-corrected chi connectivity index (χ2v) is 4.72. The third-order valence-corrected chi connectivity index (χ3v) is 3.41. The zero-order chi connectivity index (χ0) is 14.4. The number of halogens is 1. The van der Waals surface area contributed by atoms with Gasteiger partial charge in [0, 0.05) is 44.5 Å². The fourth-order valence-electron chi connectivity index (χ4n) is 2.16. The number of aliphatic hydroxyl groups is 1. The van der Waals surface area contributed by atoms with E-state index in [1.807, 2.05) is 12.1 Å². The number of nitrogens with zero attached hydrogens (tertiary/aromatic N) is 4. The molecule has 0 atom stereocenters. The number of pyridine rings is 1. The minimum absolute atomic E-state index is 0.138. The number of hydrogen-bond acceptors (Lipinski definition) is 5. The van der Waals surface area contributed by atoms with E-state index in [1.54, 1.807) is 6.20 Å². The van der Waals surface area contributed by atoms with Gasteiger partial charge in [-0.2, -0.15) is 0 Å². The number of rotatable bonds is 4. The minimum atomic E-state index is 0.138. The Morgan fingerprint density at radius 3 is 2.70 bits per heavy atom. The first-order valence-corrected chi connectivity index (χ1v) is 6.82. The Bertz CT molecular complexity index is 444. The van der Waals surface area contributed by atoms with Gasteiger partial charge >= 0.3 is 0 Å². The van der Waals surface area contributed by atoms with Crippen molar-refractivity contribution in [3.8, 4) is 0 Å². The summed E-state index contributed by atoms with van der Waals surface area (Å²) in [6.45, 7) is 4.64. The van der Waals surface area contributed by atoms with Crippen LogP contribution in [0.15, 0.2) is 22.8 Å². The first-order valence-electron chi connectivity index (χ1n) is 6.48. The molecular weight excluding hydrogens is 280 g/mol. The zero-order valence-corrected chi connectivity index (χ0v) is 11.9. The van der Waals surface area contributed by atoms with E-state index in [9.17, 15) is 0 Å². The minimum Gasteiger partial charge on any atom is -0.395 e. The van der Waals surface area contributed by atoms with E-state index < -0.39 is 0 Å². The first-order chi connectivity index (χ1) is 9.72. The molecule has 0 aliphatic carbocycles. The predicted molar refractivity (Wildman–Crippen MR) is 81.1 cm³/mol. The van der Waals surface area contributed by atoms with Gasteiger partial charge in [-0.3, -0.25) is 4.90 Å². The van der Waals surface area contributed by atoms with Crippen LogP contribution >= 0.6 is 11.8 Å². The molecule has 0 radical (unpaired) electrons. The van der Waals surface area contributed by atoms with Crippen molar-refractivity contribution in [3.05, 3.63) is 18.3 Å². The number of β-amino-alcohol motifs (C(OH)–C–C–N with tert-alkyl or cyclic N) is 1. The Morgan fingerprint density at radius 2 is 2.15 bits per heavy atom. The lowest BCUT2D eigenvalue weighted by atomic mass is 10.3. The fourth-order valence-corrected chi connectivity index (χ4v) is 2.20. The monoisotopic (exact) mass is 298 g/mol. The summed E-state index contributed by atoms with van der Waals surface area (Å²) < 4.78 is 3.31. The first kappa shape index (κ1) is 14.8. The summed E-state index contributed by atoms with van der Waals surface area (Å²) in [4.78, 5) is 8.86. The van der Waals surface area contributed by atoms with Crippen molar-refractivity contribution in [2.24, 2.45) is 10.2 Å². The van der Waals surface area contributed by atoms with Crippen LogP contribution in [-0.2, 0) is 0 Å². The number of nitrogens with one attached hydrogen (secondary N) is 1. The Labute approximate surface area is 123 Å². The van der Waals surface area contributed by atoms with E-state index in [1.165, 1.54) is 0 Å². The molecule has 0 bridgehead atoms. The molecule has 1 aromatic heterocycles. The van der Waals surface area contributed by atoms with Crippen molar-refractivity contribution < 1.29 is 5.11 Å². The van der Waals surface area contributed by atoms with Crippen LogP contribution in [-0.4, -0.2) is 60.3 Å². The lowest BCUT2D eigenvalue weighted by Crippen LogP contribution is -2.47. The normalized spacial score (nSPS) is 17.3. The zero-order valence-electron chi connectivity index (χ0n) is 11.2. The van der Waals surface area contributed by atoms with E-state index in [0.29, 0.717) is 0 Å². The van der Waals surface area contributed by atoms with Gasteiger partial charge in [-0.25, -0.2) is 4.98 Å². The second-order valence-electron chi connectivity index (χ2n) is 4.55. The standard InChI is InChI=1S/C12H19ClN6O/c13-17-12(14)16-10-1-2-11(15-9-10)19-5-3-18(4-6-19)7-8-20/h1-2,9,20H,3-8H2,(H3,14,16,17). The topological polar surface area (TPSA) is 90.0 Å². The Balaban J connectivity index is 1.91. The van der Waals surface area contributed by atoms with E-state index in [-0.39, 0.29) is 12.6 Å². The number of piperazine rings is 1. The summed E-state index contributed by atoms with van der Waals surface area (Å²) in [5, 5.41) is 11.7. The highest BCUT2D eigenvalue weighted by atomic mass is 35.5.